The molecule has 0 unspecified atom stereocenters. The van der Waals surface area contributed by atoms with Crippen LogP contribution >= 0.6 is 47.3 Å². The molecule has 0 bridgehead atoms. The number of thioether (sulfide) groups is 2. The molecule has 0 atom stereocenters. The molecule has 2 heterocycles. The van der Waals surface area contributed by atoms with Gasteiger partial charge < -0.3 is 4.90 Å². The lowest BCUT2D eigenvalue weighted by Gasteiger charge is -2.19. The molecule has 2 aliphatic heterocycles. The zero-order valence-electron chi connectivity index (χ0n) is 11.8. The van der Waals surface area contributed by atoms with Gasteiger partial charge in [-0.25, -0.2) is 0 Å². The number of benzene rings is 1. The van der Waals surface area contributed by atoms with Crippen molar-refractivity contribution in [2.45, 2.75) is 11.8 Å². The first-order chi connectivity index (χ1) is 10.6. The highest BCUT2D eigenvalue weighted by Gasteiger charge is 2.38. The first-order valence-electron chi connectivity index (χ1n) is 6.70. The summed E-state index contributed by atoms with van der Waals surface area (Å²) in [6.45, 7) is 6.94. The van der Waals surface area contributed by atoms with E-state index < -0.39 is 0 Å². The first kappa shape index (κ1) is 15.9. The minimum Gasteiger partial charge on any atom is -0.334 e. The molecule has 22 heavy (non-hydrogen) atoms. The molecule has 1 fully saturated rings. The van der Waals surface area contributed by atoms with Gasteiger partial charge in [-0.05, 0) is 25.1 Å². The van der Waals surface area contributed by atoms with Crippen molar-refractivity contribution in [3.63, 3.8) is 0 Å². The number of anilines is 1. The van der Waals surface area contributed by atoms with Crippen molar-refractivity contribution in [2.75, 3.05) is 18.0 Å². The first-order valence-corrected chi connectivity index (χ1v) is 9.12. The predicted octanol–water partition coefficient (Wildman–Crippen LogP) is 4.49. The van der Waals surface area contributed by atoms with Crippen LogP contribution in [0.5, 0.6) is 0 Å². The quantitative estimate of drug-likeness (QED) is 0.444. The summed E-state index contributed by atoms with van der Waals surface area (Å²) >= 11 is 14.4. The number of carbonyl (C=O) groups excluding carboxylic acids is 1. The van der Waals surface area contributed by atoms with E-state index in [2.05, 4.69) is 18.4 Å². The molecule has 3 rings (SSSR count). The van der Waals surface area contributed by atoms with Gasteiger partial charge in [-0.3, -0.25) is 9.69 Å². The topological polar surface area (TPSA) is 23.6 Å². The molecule has 1 saturated heterocycles. The van der Waals surface area contributed by atoms with Gasteiger partial charge >= 0.3 is 0 Å². The Bertz CT molecular complexity index is 717. The van der Waals surface area contributed by atoms with Crippen molar-refractivity contribution >= 4 is 63.3 Å². The van der Waals surface area contributed by atoms with Crippen LogP contribution in [0, 0.1) is 0 Å². The number of amides is 1. The molecule has 1 amide bonds. The summed E-state index contributed by atoms with van der Waals surface area (Å²) in [5, 5.41) is 1.63. The molecule has 2 aliphatic rings. The van der Waals surface area contributed by atoms with Crippen LogP contribution in [0.25, 0.3) is 0 Å². The van der Waals surface area contributed by atoms with Crippen molar-refractivity contribution < 1.29 is 4.79 Å². The van der Waals surface area contributed by atoms with E-state index in [4.69, 9.17) is 23.8 Å². The molecule has 0 spiro atoms. The lowest BCUT2D eigenvalue weighted by atomic mass is 10.3. The number of halogens is 1. The summed E-state index contributed by atoms with van der Waals surface area (Å²) in [4.78, 5) is 18.1. The van der Waals surface area contributed by atoms with Gasteiger partial charge in [0.05, 0.1) is 5.69 Å². The molecule has 0 saturated carbocycles. The second-order valence-corrected chi connectivity index (χ2v) is 7.78. The van der Waals surface area contributed by atoms with Crippen LogP contribution in [0.15, 0.2) is 45.7 Å². The number of hydrogen-bond acceptors (Lipinski definition) is 5. The molecular formula is C15H13ClN2OS3. The maximum absolute atomic E-state index is 12.6. The molecule has 114 valence electrons. The average Bonchev–Trinajstić information content (AvgIpc) is 2.98. The van der Waals surface area contributed by atoms with E-state index in [1.54, 1.807) is 22.7 Å². The number of thiocarbonyl (C=S) groups is 1. The van der Waals surface area contributed by atoms with Gasteiger partial charge in [0, 0.05) is 23.0 Å². The fraction of sp³-hybridized carbons (Fsp3) is 0.200. The van der Waals surface area contributed by atoms with Gasteiger partial charge in [0.15, 0.2) is 0 Å². The van der Waals surface area contributed by atoms with Gasteiger partial charge in [-0.2, -0.15) is 0 Å². The highest BCUT2D eigenvalue weighted by Crippen LogP contribution is 2.51. The zero-order chi connectivity index (χ0) is 15.9. The van der Waals surface area contributed by atoms with Gasteiger partial charge in [0.2, 0.25) is 0 Å². The summed E-state index contributed by atoms with van der Waals surface area (Å²) in [6, 6.07) is 5.79. The van der Waals surface area contributed by atoms with Gasteiger partial charge in [-0.15, -0.1) is 6.58 Å². The Morgan fingerprint density at radius 3 is 2.82 bits per heavy atom. The Labute approximate surface area is 148 Å². The molecule has 7 heteroatoms. The monoisotopic (exact) mass is 368 g/mol. The third-order valence-electron chi connectivity index (χ3n) is 3.33. The Morgan fingerprint density at radius 2 is 2.14 bits per heavy atom. The summed E-state index contributed by atoms with van der Waals surface area (Å²) in [7, 11) is 0. The van der Waals surface area contributed by atoms with E-state index in [-0.39, 0.29) is 5.91 Å². The van der Waals surface area contributed by atoms with Crippen LogP contribution in [0.2, 0.25) is 5.02 Å². The molecule has 0 radical (unpaired) electrons. The highest BCUT2D eigenvalue weighted by molar-refractivity contribution is 8.27. The Kier molecular flexibility index (Phi) is 4.54. The van der Waals surface area contributed by atoms with Crippen molar-refractivity contribution in [2.24, 2.45) is 0 Å². The normalized spacial score (nSPS) is 20.8. The van der Waals surface area contributed by atoms with E-state index in [9.17, 15) is 4.79 Å². The molecule has 0 aromatic heterocycles. The Morgan fingerprint density at radius 1 is 1.36 bits per heavy atom. The van der Waals surface area contributed by atoms with Crippen LogP contribution < -0.4 is 4.90 Å². The third kappa shape index (κ3) is 2.58. The van der Waals surface area contributed by atoms with Crippen LogP contribution in [0.4, 0.5) is 5.69 Å². The van der Waals surface area contributed by atoms with Gasteiger partial charge in [0.25, 0.3) is 5.91 Å². The molecule has 1 aromatic rings. The predicted molar refractivity (Wildman–Crippen MR) is 99.5 cm³/mol. The molecule has 0 N–H and O–H groups in total. The van der Waals surface area contributed by atoms with E-state index in [1.807, 2.05) is 18.2 Å². The molecular weight excluding hydrogens is 356 g/mol. The lowest BCUT2D eigenvalue weighted by molar-refractivity contribution is -0.121. The van der Waals surface area contributed by atoms with Crippen molar-refractivity contribution in [3.8, 4) is 0 Å². The summed E-state index contributed by atoms with van der Waals surface area (Å²) < 4.78 is 0.582. The fourth-order valence-corrected chi connectivity index (χ4v) is 5.15. The number of carbonyl (C=O) groups is 1. The summed E-state index contributed by atoms with van der Waals surface area (Å²) in [5.41, 5.74) is 1.05. The molecule has 3 nitrogen and oxygen atoms in total. The van der Waals surface area contributed by atoms with E-state index in [1.165, 1.54) is 11.8 Å². The van der Waals surface area contributed by atoms with Crippen molar-refractivity contribution in [1.82, 2.24) is 4.90 Å². The standard InChI is InChI=1S/C15H13ClN2OS3/c1-3-7-18-13(19)12(22-15(18)20)14-17(4-2)10-8-9(16)5-6-11(10)21-14/h3,5-6,8H,1,4,7H2,2H3. The maximum atomic E-state index is 12.6. The number of fused-ring (bicyclic) bond motifs is 1. The maximum Gasteiger partial charge on any atom is 0.269 e. The van der Waals surface area contributed by atoms with Gasteiger partial charge in [-0.1, -0.05) is 53.4 Å². The van der Waals surface area contributed by atoms with E-state index in [0.717, 1.165) is 22.2 Å². The van der Waals surface area contributed by atoms with Crippen LogP contribution in [-0.2, 0) is 4.79 Å². The van der Waals surface area contributed by atoms with Crippen molar-refractivity contribution in [1.29, 1.82) is 0 Å². The van der Waals surface area contributed by atoms with E-state index >= 15 is 0 Å². The Hall–Kier alpha value is -0.950. The Balaban J connectivity index is 2.04. The van der Waals surface area contributed by atoms with Crippen molar-refractivity contribution in [3.05, 3.63) is 45.8 Å². The van der Waals surface area contributed by atoms with E-state index in [0.29, 0.717) is 20.8 Å². The van der Waals surface area contributed by atoms with Crippen LogP contribution in [0.3, 0.4) is 0 Å². The molecule has 1 aromatic carbocycles. The second-order valence-electron chi connectivity index (χ2n) is 4.67. The second kappa shape index (κ2) is 6.28. The third-order valence-corrected chi connectivity index (χ3v) is 6.32. The fourth-order valence-electron chi connectivity index (χ4n) is 2.35. The summed E-state index contributed by atoms with van der Waals surface area (Å²) in [5.74, 6) is -0.0465. The minimum atomic E-state index is -0.0465. The zero-order valence-corrected chi connectivity index (χ0v) is 15.0. The minimum absolute atomic E-state index is 0.0465. The highest BCUT2D eigenvalue weighted by atomic mass is 35.5. The lowest BCUT2D eigenvalue weighted by Crippen LogP contribution is -2.29. The van der Waals surface area contributed by atoms with Gasteiger partial charge in [0.1, 0.15) is 14.3 Å². The SMILES string of the molecule is C=CCN1C(=O)C(=C2Sc3ccc(Cl)cc3N2CC)SC1=S. The van der Waals surface area contributed by atoms with Crippen LogP contribution in [-0.4, -0.2) is 28.2 Å². The number of nitrogens with zero attached hydrogens (tertiary/aromatic N) is 2. The summed E-state index contributed by atoms with van der Waals surface area (Å²) in [6.07, 6.45) is 1.69. The molecule has 0 aliphatic carbocycles. The van der Waals surface area contributed by atoms with Crippen LogP contribution in [0.1, 0.15) is 6.92 Å². The largest absolute Gasteiger partial charge is 0.334 e. The number of hydrogen-bond donors (Lipinski definition) is 0. The average molecular weight is 369 g/mol. The number of rotatable bonds is 3. The smallest absolute Gasteiger partial charge is 0.269 e.